The molecule has 0 bridgehead atoms. The summed E-state index contributed by atoms with van der Waals surface area (Å²) in [7, 11) is 1.64. The molecule has 0 amide bonds. The molecular formula is C24H19F2N7O. The van der Waals surface area contributed by atoms with Crippen molar-refractivity contribution in [3.8, 4) is 22.4 Å². The van der Waals surface area contributed by atoms with Crippen LogP contribution in [-0.4, -0.2) is 29.1 Å². The highest BCUT2D eigenvalue weighted by molar-refractivity contribution is 5.90. The molecule has 2 N–H and O–H groups in total. The highest BCUT2D eigenvalue weighted by Gasteiger charge is 2.21. The van der Waals surface area contributed by atoms with Gasteiger partial charge < -0.3 is 10.3 Å². The summed E-state index contributed by atoms with van der Waals surface area (Å²) in [5.41, 5.74) is 9.45. The maximum absolute atomic E-state index is 14.2. The van der Waals surface area contributed by atoms with Crippen LogP contribution in [0, 0.1) is 18.6 Å². The maximum atomic E-state index is 14.2. The Labute approximate surface area is 192 Å². The van der Waals surface area contributed by atoms with Crippen molar-refractivity contribution in [3.05, 3.63) is 93.9 Å². The lowest BCUT2D eigenvalue weighted by Crippen LogP contribution is -2.14. The summed E-state index contributed by atoms with van der Waals surface area (Å²) < 4.78 is 31.2. The first-order valence-electron chi connectivity index (χ1n) is 10.4. The first-order valence-corrected chi connectivity index (χ1v) is 10.4. The van der Waals surface area contributed by atoms with Gasteiger partial charge in [0.25, 0.3) is 0 Å². The third-order valence-corrected chi connectivity index (χ3v) is 5.51. The number of hydrogen-bond acceptors (Lipinski definition) is 6. The fraction of sp³-hybridized carbons (Fsp3) is 0.125. The number of fused-ring (bicyclic) bond motifs is 1. The zero-order valence-corrected chi connectivity index (χ0v) is 18.3. The molecule has 5 aromatic rings. The van der Waals surface area contributed by atoms with E-state index < -0.39 is 11.6 Å². The molecule has 0 saturated heterocycles. The number of benzene rings is 1. The molecule has 0 aliphatic carbocycles. The number of rotatable bonds is 4. The molecule has 170 valence electrons. The third kappa shape index (κ3) is 3.68. The van der Waals surface area contributed by atoms with Crippen LogP contribution in [0.25, 0.3) is 28.0 Å². The Balaban J connectivity index is 1.77. The van der Waals surface area contributed by atoms with Gasteiger partial charge in [0.15, 0.2) is 11.5 Å². The number of nitrogens with zero attached hydrogens (tertiary/aromatic N) is 6. The lowest BCUT2D eigenvalue weighted by molar-refractivity contribution is 0.559. The van der Waals surface area contributed by atoms with E-state index >= 15 is 0 Å². The van der Waals surface area contributed by atoms with Crippen LogP contribution >= 0.6 is 0 Å². The molecule has 4 heterocycles. The molecule has 0 radical (unpaired) electrons. The minimum atomic E-state index is -0.686. The zero-order chi connectivity index (χ0) is 24.0. The fourth-order valence-electron chi connectivity index (χ4n) is 3.76. The molecule has 0 aliphatic heterocycles. The predicted molar refractivity (Wildman–Crippen MR) is 123 cm³/mol. The molecule has 34 heavy (non-hydrogen) atoms. The maximum Gasteiger partial charge on any atom is 0.250 e. The Morgan fingerprint density at radius 1 is 1.00 bits per heavy atom. The highest BCUT2D eigenvalue weighted by atomic mass is 19.1. The van der Waals surface area contributed by atoms with Gasteiger partial charge in [-0.05, 0) is 37.3 Å². The molecule has 0 aliphatic rings. The van der Waals surface area contributed by atoms with Gasteiger partial charge in [0.1, 0.15) is 11.6 Å². The van der Waals surface area contributed by atoms with Gasteiger partial charge in [0.05, 0.1) is 11.3 Å². The number of pyridine rings is 2. The fourth-order valence-corrected chi connectivity index (χ4v) is 3.76. The van der Waals surface area contributed by atoms with Crippen molar-refractivity contribution >= 4 is 11.6 Å². The van der Waals surface area contributed by atoms with Gasteiger partial charge >= 0.3 is 0 Å². The number of hydrogen-bond donors (Lipinski definition) is 1. The summed E-state index contributed by atoms with van der Waals surface area (Å²) in [4.78, 5) is 25.5. The summed E-state index contributed by atoms with van der Waals surface area (Å²) in [6, 6.07) is 10.5. The summed E-state index contributed by atoms with van der Waals surface area (Å²) in [6.45, 7) is 1.87. The number of aromatic nitrogens is 6. The Hall–Kier alpha value is -4.47. The summed E-state index contributed by atoms with van der Waals surface area (Å²) in [5.74, 6) is -1.15. The Morgan fingerprint density at radius 3 is 2.41 bits per heavy atom. The Kier molecular flexibility index (Phi) is 5.12. The quantitative estimate of drug-likeness (QED) is 0.442. The lowest BCUT2D eigenvalue weighted by atomic mass is 10.0. The van der Waals surface area contributed by atoms with Crippen LogP contribution in [0.2, 0.25) is 0 Å². The highest BCUT2D eigenvalue weighted by Crippen LogP contribution is 2.34. The summed E-state index contributed by atoms with van der Waals surface area (Å²) >= 11 is 0. The topological polar surface area (TPSA) is 104 Å². The SMILES string of the molecule is Cc1ccc(-c2nc(N)n3nc(Cc4c(F)cccc4F)nc3c2-c2ccc(=O)n(C)c2)cn1. The van der Waals surface area contributed by atoms with Crippen molar-refractivity contribution in [1.82, 2.24) is 29.1 Å². The van der Waals surface area contributed by atoms with Crippen molar-refractivity contribution in [2.75, 3.05) is 5.73 Å². The van der Waals surface area contributed by atoms with E-state index in [1.165, 1.54) is 33.3 Å². The molecule has 0 saturated carbocycles. The molecule has 5 rings (SSSR count). The van der Waals surface area contributed by atoms with Crippen molar-refractivity contribution in [2.45, 2.75) is 13.3 Å². The van der Waals surface area contributed by atoms with E-state index in [-0.39, 0.29) is 29.3 Å². The molecular weight excluding hydrogens is 440 g/mol. The molecule has 8 nitrogen and oxygen atoms in total. The van der Waals surface area contributed by atoms with Crippen molar-refractivity contribution in [1.29, 1.82) is 0 Å². The average molecular weight is 459 g/mol. The molecule has 0 unspecified atom stereocenters. The molecule has 1 aromatic carbocycles. The Morgan fingerprint density at radius 2 is 1.74 bits per heavy atom. The van der Waals surface area contributed by atoms with Crippen LogP contribution in [0.4, 0.5) is 14.7 Å². The normalized spacial score (nSPS) is 11.3. The first kappa shape index (κ1) is 21.4. The lowest BCUT2D eigenvalue weighted by Gasteiger charge is -2.12. The van der Waals surface area contributed by atoms with E-state index in [0.29, 0.717) is 28.0 Å². The summed E-state index contributed by atoms with van der Waals surface area (Å²) in [5, 5.41) is 4.37. The van der Waals surface area contributed by atoms with E-state index in [9.17, 15) is 13.6 Å². The number of anilines is 1. The molecule has 0 spiro atoms. The van der Waals surface area contributed by atoms with E-state index in [1.807, 2.05) is 19.1 Å². The summed E-state index contributed by atoms with van der Waals surface area (Å²) in [6.07, 6.45) is 3.16. The Bertz CT molecular complexity index is 1590. The number of halogens is 2. The van der Waals surface area contributed by atoms with E-state index in [2.05, 4.69) is 20.1 Å². The third-order valence-electron chi connectivity index (χ3n) is 5.51. The van der Waals surface area contributed by atoms with Crippen LogP contribution in [0.3, 0.4) is 0 Å². The van der Waals surface area contributed by atoms with Crippen LogP contribution in [0.1, 0.15) is 17.1 Å². The number of aryl methyl sites for hydroxylation is 2. The van der Waals surface area contributed by atoms with Gasteiger partial charge in [-0.15, -0.1) is 5.10 Å². The number of nitrogen functional groups attached to an aromatic ring is 1. The van der Waals surface area contributed by atoms with Crippen molar-refractivity contribution in [2.24, 2.45) is 7.05 Å². The van der Waals surface area contributed by atoms with E-state index in [4.69, 9.17) is 5.73 Å². The second-order valence-corrected chi connectivity index (χ2v) is 7.89. The van der Waals surface area contributed by atoms with Gasteiger partial charge in [-0.1, -0.05) is 6.07 Å². The van der Waals surface area contributed by atoms with Crippen molar-refractivity contribution < 1.29 is 8.78 Å². The molecule has 4 aromatic heterocycles. The van der Waals surface area contributed by atoms with E-state index in [0.717, 1.165) is 5.69 Å². The molecule has 0 fully saturated rings. The van der Waals surface area contributed by atoms with Gasteiger partial charge in [0.2, 0.25) is 11.5 Å². The van der Waals surface area contributed by atoms with Crippen molar-refractivity contribution in [3.63, 3.8) is 0 Å². The molecule has 0 atom stereocenters. The minimum absolute atomic E-state index is 0.0481. The standard InChI is InChI=1S/C24H19F2N7O/c1-13-6-7-14(11-28-13)22-21(15-8-9-20(34)32(2)12-15)23-29-19(31-33(23)24(27)30-22)10-16-17(25)4-3-5-18(16)26/h3-9,11-12H,10H2,1-2H3,(H2,27,30). The van der Waals surface area contributed by atoms with Crippen LogP contribution in [-0.2, 0) is 13.5 Å². The smallest absolute Gasteiger partial charge is 0.250 e. The predicted octanol–water partition coefficient (Wildman–Crippen LogP) is 3.31. The second kappa shape index (κ2) is 8.14. The van der Waals surface area contributed by atoms with Gasteiger partial charge in [-0.3, -0.25) is 9.78 Å². The monoisotopic (exact) mass is 459 g/mol. The van der Waals surface area contributed by atoms with Gasteiger partial charge in [-0.25, -0.2) is 18.7 Å². The first-order chi connectivity index (χ1) is 16.3. The van der Waals surface area contributed by atoms with Crippen LogP contribution < -0.4 is 11.3 Å². The largest absolute Gasteiger partial charge is 0.368 e. The van der Waals surface area contributed by atoms with Gasteiger partial charge in [-0.2, -0.15) is 4.52 Å². The average Bonchev–Trinajstić information content (AvgIpc) is 3.23. The van der Waals surface area contributed by atoms with Crippen LogP contribution in [0.5, 0.6) is 0 Å². The van der Waals surface area contributed by atoms with Gasteiger partial charge in [0, 0.05) is 54.3 Å². The zero-order valence-electron chi connectivity index (χ0n) is 18.3. The molecule has 10 heteroatoms. The minimum Gasteiger partial charge on any atom is -0.368 e. The van der Waals surface area contributed by atoms with E-state index in [1.54, 1.807) is 25.5 Å². The number of nitrogens with two attached hydrogens (primary N) is 1. The second-order valence-electron chi connectivity index (χ2n) is 7.89. The van der Waals surface area contributed by atoms with Crippen LogP contribution in [0.15, 0.2) is 59.7 Å².